The Hall–Kier alpha value is -3.45. The molecule has 0 bridgehead atoms. The lowest BCUT2D eigenvalue weighted by molar-refractivity contribution is -0.116. The van der Waals surface area contributed by atoms with Gasteiger partial charge in [0.15, 0.2) is 11.5 Å². The van der Waals surface area contributed by atoms with Crippen LogP contribution in [-0.2, 0) is 9.53 Å². The molecule has 0 aliphatic rings. The second-order valence-electron chi connectivity index (χ2n) is 7.87. The van der Waals surface area contributed by atoms with Crippen LogP contribution in [0.5, 0.6) is 17.2 Å². The minimum atomic E-state index is -0.152. The Morgan fingerprint density at radius 1 is 1.12 bits per heavy atom. The average Bonchev–Trinajstić information content (AvgIpc) is 3.27. The Kier molecular flexibility index (Phi) is 8.60. The molecule has 1 amide bonds. The lowest BCUT2D eigenvalue weighted by Gasteiger charge is -2.15. The van der Waals surface area contributed by atoms with Crippen molar-refractivity contribution in [2.75, 3.05) is 41.1 Å². The minimum absolute atomic E-state index is 0.152. The first-order chi connectivity index (χ1) is 16.4. The fourth-order valence-electron chi connectivity index (χ4n) is 3.92. The first-order valence-electron chi connectivity index (χ1n) is 11.3. The summed E-state index contributed by atoms with van der Waals surface area (Å²) < 4.78 is 27.8. The summed E-state index contributed by atoms with van der Waals surface area (Å²) in [6.07, 6.45) is 4.10. The van der Waals surface area contributed by atoms with Crippen LogP contribution in [0.25, 0.3) is 27.7 Å². The molecule has 7 nitrogen and oxygen atoms in total. The molecular formula is C27H33NO6. The van der Waals surface area contributed by atoms with Crippen molar-refractivity contribution in [2.45, 2.75) is 27.2 Å². The number of furan rings is 1. The number of benzene rings is 2. The number of aryl methyl sites for hydroxylation is 1. The van der Waals surface area contributed by atoms with Gasteiger partial charge in [-0.15, -0.1) is 0 Å². The number of ether oxygens (including phenoxy) is 4. The summed E-state index contributed by atoms with van der Waals surface area (Å²) in [5.41, 5.74) is 5.13. The highest BCUT2D eigenvalue weighted by Gasteiger charge is 2.20. The quantitative estimate of drug-likeness (QED) is 0.301. The van der Waals surface area contributed by atoms with Gasteiger partial charge in [-0.05, 0) is 56.5 Å². The molecule has 0 atom stereocenters. The monoisotopic (exact) mass is 467 g/mol. The van der Waals surface area contributed by atoms with E-state index in [1.54, 1.807) is 33.7 Å². The summed E-state index contributed by atoms with van der Waals surface area (Å²) in [5.74, 6) is 1.86. The summed E-state index contributed by atoms with van der Waals surface area (Å²) in [5, 5.41) is 3.82. The van der Waals surface area contributed by atoms with Crippen LogP contribution in [0.3, 0.4) is 0 Å². The number of rotatable bonds is 11. The summed E-state index contributed by atoms with van der Waals surface area (Å²) in [6.45, 7) is 7.47. The van der Waals surface area contributed by atoms with Crippen molar-refractivity contribution in [3.63, 3.8) is 0 Å². The van der Waals surface area contributed by atoms with E-state index in [9.17, 15) is 4.79 Å². The van der Waals surface area contributed by atoms with Crippen molar-refractivity contribution in [1.82, 2.24) is 5.32 Å². The first kappa shape index (κ1) is 25.2. The molecule has 1 N–H and O–H groups in total. The highest BCUT2D eigenvalue weighted by molar-refractivity contribution is 6.01. The molecule has 34 heavy (non-hydrogen) atoms. The second kappa shape index (κ2) is 11.6. The molecule has 0 saturated heterocycles. The van der Waals surface area contributed by atoms with Crippen LogP contribution in [0.4, 0.5) is 0 Å². The fraction of sp³-hybridized carbons (Fsp3) is 0.370. The lowest BCUT2D eigenvalue weighted by atomic mass is 9.96. The molecule has 0 unspecified atom stereocenters. The second-order valence-corrected chi connectivity index (χ2v) is 7.87. The van der Waals surface area contributed by atoms with Crippen molar-refractivity contribution in [1.29, 1.82) is 0 Å². The maximum absolute atomic E-state index is 12.5. The maximum Gasteiger partial charge on any atom is 0.244 e. The number of methoxy groups -OCH3 is 3. The van der Waals surface area contributed by atoms with Crippen LogP contribution in [0, 0.1) is 6.92 Å². The standard InChI is InChI=1S/C27H33NO6/c1-7-33-26-18(3)27-21(15-20(26)17(2)13-25(29)28-11-8-12-30-4)22(16-34-27)19-9-10-23(31-5)24(14-19)32-6/h9-10,13-16H,7-8,11-12H2,1-6H3,(H,28,29)/b17-13+. The normalized spacial score (nSPS) is 11.5. The maximum atomic E-state index is 12.5. The van der Waals surface area contributed by atoms with Crippen LogP contribution in [0.15, 0.2) is 41.0 Å². The highest BCUT2D eigenvalue weighted by atomic mass is 16.5. The van der Waals surface area contributed by atoms with Gasteiger partial charge in [0, 0.05) is 48.4 Å². The van der Waals surface area contributed by atoms with Crippen LogP contribution < -0.4 is 19.5 Å². The molecule has 0 saturated carbocycles. The van der Waals surface area contributed by atoms with Gasteiger partial charge in [-0.2, -0.15) is 0 Å². The molecule has 0 radical (unpaired) electrons. The zero-order valence-corrected chi connectivity index (χ0v) is 20.7. The van der Waals surface area contributed by atoms with Gasteiger partial charge in [0.25, 0.3) is 0 Å². The molecule has 3 rings (SSSR count). The lowest BCUT2D eigenvalue weighted by Crippen LogP contribution is -2.23. The molecule has 182 valence electrons. The largest absolute Gasteiger partial charge is 0.493 e. The topological polar surface area (TPSA) is 79.2 Å². The molecule has 0 fully saturated rings. The number of fused-ring (bicyclic) bond motifs is 1. The summed E-state index contributed by atoms with van der Waals surface area (Å²) >= 11 is 0. The van der Waals surface area contributed by atoms with Gasteiger partial charge < -0.3 is 28.7 Å². The van der Waals surface area contributed by atoms with E-state index in [0.29, 0.717) is 37.0 Å². The number of carbonyl (C=O) groups is 1. The third kappa shape index (κ3) is 5.37. The first-order valence-corrected chi connectivity index (χ1v) is 11.3. The minimum Gasteiger partial charge on any atom is -0.493 e. The van der Waals surface area contributed by atoms with Crippen LogP contribution >= 0.6 is 0 Å². The van der Waals surface area contributed by atoms with E-state index in [0.717, 1.165) is 45.2 Å². The average molecular weight is 468 g/mol. The van der Waals surface area contributed by atoms with Gasteiger partial charge >= 0.3 is 0 Å². The van der Waals surface area contributed by atoms with Crippen molar-refractivity contribution in [2.24, 2.45) is 0 Å². The third-order valence-corrected chi connectivity index (χ3v) is 5.62. The Labute approximate surface area is 200 Å². The van der Waals surface area contributed by atoms with E-state index >= 15 is 0 Å². The number of hydrogen-bond acceptors (Lipinski definition) is 6. The molecular weight excluding hydrogens is 434 g/mol. The molecule has 0 aliphatic carbocycles. The van der Waals surface area contributed by atoms with E-state index in [1.165, 1.54) is 0 Å². The smallest absolute Gasteiger partial charge is 0.244 e. The molecule has 0 aliphatic heterocycles. The number of nitrogens with one attached hydrogen (secondary N) is 1. The van der Waals surface area contributed by atoms with E-state index in [4.69, 9.17) is 23.4 Å². The van der Waals surface area contributed by atoms with Gasteiger partial charge in [0.1, 0.15) is 11.3 Å². The van der Waals surface area contributed by atoms with Crippen LogP contribution in [0.2, 0.25) is 0 Å². The Bertz CT molecular complexity index is 1180. The van der Waals surface area contributed by atoms with Gasteiger partial charge in [-0.3, -0.25) is 4.79 Å². The molecule has 1 heterocycles. The Balaban J connectivity index is 2.07. The van der Waals surface area contributed by atoms with Crippen molar-refractivity contribution < 1.29 is 28.2 Å². The van der Waals surface area contributed by atoms with Crippen molar-refractivity contribution in [3.05, 3.63) is 47.7 Å². The van der Waals surface area contributed by atoms with Gasteiger partial charge in [0.2, 0.25) is 5.91 Å². The van der Waals surface area contributed by atoms with Crippen LogP contribution in [-0.4, -0.2) is 47.0 Å². The fourth-order valence-corrected chi connectivity index (χ4v) is 3.92. The third-order valence-electron chi connectivity index (χ3n) is 5.62. The van der Waals surface area contributed by atoms with E-state index in [1.807, 2.05) is 45.0 Å². The molecule has 7 heteroatoms. The van der Waals surface area contributed by atoms with Crippen LogP contribution in [0.1, 0.15) is 31.4 Å². The van der Waals surface area contributed by atoms with E-state index in [-0.39, 0.29) is 5.91 Å². The van der Waals surface area contributed by atoms with Crippen molar-refractivity contribution >= 4 is 22.4 Å². The zero-order chi connectivity index (χ0) is 24.7. The molecule has 2 aromatic carbocycles. The van der Waals surface area contributed by atoms with Gasteiger partial charge in [-0.1, -0.05) is 6.07 Å². The number of carbonyl (C=O) groups excluding carboxylic acids is 1. The SMILES string of the molecule is CCOc1c(/C(C)=C/C(=O)NCCCOC)cc2c(-c3ccc(OC)c(OC)c3)coc2c1C. The predicted octanol–water partition coefficient (Wildman–Crippen LogP) is 5.38. The van der Waals surface area contributed by atoms with Crippen molar-refractivity contribution in [3.8, 4) is 28.4 Å². The van der Waals surface area contributed by atoms with E-state index < -0.39 is 0 Å². The number of hydrogen-bond donors (Lipinski definition) is 1. The van der Waals surface area contributed by atoms with Gasteiger partial charge in [-0.25, -0.2) is 0 Å². The number of allylic oxidation sites excluding steroid dienone is 1. The molecule has 3 aromatic rings. The molecule has 0 spiro atoms. The predicted molar refractivity (Wildman–Crippen MR) is 134 cm³/mol. The summed E-state index contributed by atoms with van der Waals surface area (Å²) in [4.78, 5) is 12.5. The zero-order valence-electron chi connectivity index (χ0n) is 20.7. The van der Waals surface area contributed by atoms with Gasteiger partial charge in [0.05, 0.1) is 27.1 Å². The number of amides is 1. The summed E-state index contributed by atoms with van der Waals surface area (Å²) in [7, 11) is 4.87. The van der Waals surface area contributed by atoms with E-state index in [2.05, 4.69) is 5.32 Å². The highest BCUT2D eigenvalue weighted by Crippen LogP contribution is 2.42. The molecule has 1 aromatic heterocycles. The Morgan fingerprint density at radius 2 is 1.88 bits per heavy atom. The Morgan fingerprint density at radius 3 is 2.56 bits per heavy atom. The summed E-state index contributed by atoms with van der Waals surface area (Å²) in [6, 6.07) is 7.78.